The van der Waals surface area contributed by atoms with Gasteiger partial charge >= 0.3 is 0 Å². The Labute approximate surface area is 143 Å². The fourth-order valence-corrected chi connectivity index (χ4v) is 4.94. The molecule has 1 aromatic heterocycles. The largest absolute Gasteiger partial charge is 0.339 e. The first-order valence-electron chi connectivity index (χ1n) is 9.00. The Morgan fingerprint density at radius 1 is 0.958 bits per heavy atom. The Bertz CT molecular complexity index is 943. The number of aromatic nitrogens is 1. The van der Waals surface area contributed by atoms with E-state index in [0.29, 0.717) is 11.8 Å². The van der Waals surface area contributed by atoms with Crippen molar-refractivity contribution in [2.24, 2.45) is 5.92 Å². The third-order valence-corrected chi connectivity index (χ3v) is 6.20. The van der Waals surface area contributed by atoms with Crippen LogP contribution in [0.4, 0.5) is 0 Å². The average Bonchev–Trinajstić information content (AvgIpc) is 3.17. The van der Waals surface area contributed by atoms with Gasteiger partial charge in [0.05, 0.1) is 0 Å². The number of hydrogen-bond donors (Lipinski definition) is 0. The van der Waals surface area contributed by atoms with E-state index in [1.807, 2.05) is 0 Å². The van der Waals surface area contributed by atoms with Crippen LogP contribution >= 0.6 is 0 Å². The molecule has 0 radical (unpaired) electrons. The summed E-state index contributed by atoms with van der Waals surface area (Å²) in [6.07, 6.45) is 6.19. The smallest absolute Gasteiger partial charge is 0.0488 e. The second kappa shape index (κ2) is 4.86. The maximum Gasteiger partial charge on any atom is 0.0488 e. The minimum Gasteiger partial charge on any atom is -0.339 e. The molecule has 2 aliphatic rings. The van der Waals surface area contributed by atoms with E-state index in [4.69, 9.17) is 0 Å². The van der Waals surface area contributed by atoms with E-state index in [1.54, 1.807) is 11.3 Å². The van der Waals surface area contributed by atoms with Crippen molar-refractivity contribution in [3.8, 4) is 0 Å². The minimum atomic E-state index is 0.209. The molecule has 3 aromatic rings. The van der Waals surface area contributed by atoms with Crippen molar-refractivity contribution < 1.29 is 0 Å². The fraction of sp³-hybridized carbons (Fsp3) is 0.304. The van der Waals surface area contributed by atoms with Crippen molar-refractivity contribution in [2.45, 2.75) is 38.1 Å². The fourth-order valence-electron chi connectivity index (χ4n) is 4.94. The van der Waals surface area contributed by atoms with Gasteiger partial charge in [0.15, 0.2) is 0 Å². The first-order chi connectivity index (χ1) is 11.7. The molecule has 2 aromatic carbocycles. The van der Waals surface area contributed by atoms with E-state index < -0.39 is 0 Å². The Kier molecular flexibility index (Phi) is 2.85. The zero-order chi connectivity index (χ0) is 16.3. The third-order valence-electron chi connectivity index (χ3n) is 6.20. The van der Waals surface area contributed by atoms with E-state index >= 15 is 0 Å². The van der Waals surface area contributed by atoms with Crippen LogP contribution in [-0.4, -0.2) is 4.57 Å². The molecule has 1 nitrogen and oxygen atoms in total. The molecule has 0 aliphatic heterocycles. The Morgan fingerprint density at radius 2 is 1.71 bits per heavy atom. The van der Waals surface area contributed by atoms with Gasteiger partial charge in [-0.25, -0.2) is 0 Å². The van der Waals surface area contributed by atoms with Gasteiger partial charge in [0.1, 0.15) is 0 Å². The second-order valence-electron chi connectivity index (χ2n) is 7.90. The predicted molar refractivity (Wildman–Crippen MR) is 100 cm³/mol. The van der Waals surface area contributed by atoms with Crippen LogP contribution in [0, 0.1) is 5.92 Å². The molecule has 5 rings (SSSR count). The molecule has 2 bridgehead atoms. The first-order valence-corrected chi connectivity index (χ1v) is 9.00. The van der Waals surface area contributed by atoms with Crippen LogP contribution < -0.4 is 0 Å². The Balaban J connectivity index is 1.80. The monoisotopic (exact) mass is 313 g/mol. The van der Waals surface area contributed by atoms with Gasteiger partial charge in [0, 0.05) is 29.1 Å². The van der Waals surface area contributed by atoms with Crippen LogP contribution in [0.15, 0.2) is 66.7 Å². The lowest BCUT2D eigenvalue weighted by Crippen LogP contribution is -2.32. The van der Waals surface area contributed by atoms with Crippen molar-refractivity contribution in [1.82, 2.24) is 4.57 Å². The molecule has 0 unspecified atom stereocenters. The molecule has 0 spiro atoms. The van der Waals surface area contributed by atoms with Gasteiger partial charge in [0.25, 0.3) is 0 Å². The van der Waals surface area contributed by atoms with Crippen molar-refractivity contribution in [3.05, 3.63) is 83.6 Å². The highest BCUT2D eigenvalue weighted by Crippen LogP contribution is 2.54. The molecular weight excluding hydrogens is 290 g/mol. The average molecular weight is 313 g/mol. The lowest BCUT2D eigenvalue weighted by atomic mass is 9.67. The van der Waals surface area contributed by atoms with E-state index in [1.165, 1.54) is 22.9 Å². The SMILES string of the molecule is CC1(C)c2c(n(Cc3ccccc3)c3ccccc23)[C@@H]2C=C[C@@H]1C2. The Hall–Kier alpha value is -2.28. The predicted octanol–water partition coefficient (Wildman–Crippen LogP) is 5.64. The van der Waals surface area contributed by atoms with Crippen molar-refractivity contribution >= 4 is 10.9 Å². The third kappa shape index (κ3) is 1.81. The summed E-state index contributed by atoms with van der Waals surface area (Å²) in [5, 5.41) is 1.45. The summed E-state index contributed by atoms with van der Waals surface area (Å²) in [5.41, 5.74) is 6.11. The van der Waals surface area contributed by atoms with Gasteiger partial charge in [-0.2, -0.15) is 0 Å². The van der Waals surface area contributed by atoms with Crippen molar-refractivity contribution in [1.29, 1.82) is 0 Å². The number of hydrogen-bond acceptors (Lipinski definition) is 0. The van der Waals surface area contributed by atoms with Gasteiger partial charge in [-0.1, -0.05) is 74.5 Å². The second-order valence-corrected chi connectivity index (χ2v) is 7.90. The molecule has 0 amide bonds. The van der Waals surface area contributed by atoms with Crippen LogP contribution in [0.3, 0.4) is 0 Å². The summed E-state index contributed by atoms with van der Waals surface area (Å²) in [5.74, 6) is 1.25. The number of nitrogens with zero attached hydrogens (tertiary/aromatic N) is 1. The molecule has 1 heteroatoms. The quantitative estimate of drug-likeness (QED) is 0.539. The summed E-state index contributed by atoms with van der Waals surface area (Å²) in [6, 6.07) is 19.8. The topological polar surface area (TPSA) is 4.93 Å². The zero-order valence-corrected chi connectivity index (χ0v) is 14.4. The summed E-state index contributed by atoms with van der Waals surface area (Å²) in [6.45, 7) is 5.82. The lowest BCUT2D eigenvalue weighted by molar-refractivity contribution is 0.339. The molecule has 1 heterocycles. The van der Waals surface area contributed by atoms with Crippen LogP contribution in [0.1, 0.15) is 43.0 Å². The van der Waals surface area contributed by atoms with E-state index in [-0.39, 0.29) is 5.41 Å². The van der Waals surface area contributed by atoms with Gasteiger partial charge in [-0.15, -0.1) is 0 Å². The van der Waals surface area contributed by atoms with E-state index in [9.17, 15) is 0 Å². The zero-order valence-electron chi connectivity index (χ0n) is 14.4. The van der Waals surface area contributed by atoms with Gasteiger partial charge in [-0.05, 0) is 34.9 Å². The summed E-state index contributed by atoms with van der Waals surface area (Å²) >= 11 is 0. The summed E-state index contributed by atoms with van der Waals surface area (Å²) in [4.78, 5) is 0. The molecule has 120 valence electrons. The molecule has 2 aliphatic carbocycles. The molecule has 0 N–H and O–H groups in total. The highest BCUT2D eigenvalue weighted by Gasteiger charge is 2.45. The normalized spacial score (nSPS) is 23.6. The summed E-state index contributed by atoms with van der Waals surface area (Å²) in [7, 11) is 0. The van der Waals surface area contributed by atoms with Gasteiger partial charge < -0.3 is 4.57 Å². The maximum atomic E-state index is 2.58. The lowest BCUT2D eigenvalue weighted by Gasteiger charge is -2.37. The number of benzene rings is 2. The van der Waals surface area contributed by atoms with E-state index in [0.717, 1.165) is 6.54 Å². The number of para-hydroxylation sites is 1. The van der Waals surface area contributed by atoms with Crippen molar-refractivity contribution in [3.63, 3.8) is 0 Å². The summed E-state index contributed by atoms with van der Waals surface area (Å²) < 4.78 is 2.58. The molecule has 0 saturated heterocycles. The van der Waals surface area contributed by atoms with Crippen molar-refractivity contribution in [2.75, 3.05) is 0 Å². The van der Waals surface area contributed by atoms with Crippen LogP contribution in [0.2, 0.25) is 0 Å². The van der Waals surface area contributed by atoms with Crippen LogP contribution in [0.5, 0.6) is 0 Å². The van der Waals surface area contributed by atoms with Crippen LogP contribution in [-0.2, 0) is 12.0 Å². The molecule has 2 atom stereocenters. The number of allylic oxidation sites excluding steroid dienone is 2. The maximum absolute atomic E-state index is 2.58. The highest BCUT2D eigenvalue weighted by molar-refractivity contribution is 5.88. The highest BCUT2D eigenvalue weighted by atomic mass is 15.0. The van der Waals surface area contributed by atoms with Gasteiger partial charge in [0.2, 0.25) is 0 Å². The van der Waals surface area contributed by atoms with Crippen LogP contribution in [0.25, 0.3) is 10.9 Å². The number of fused-ring (bicyclic) bond motifs is 6. The molecule has 0 saturated carbocycles. The van der Waals surface area contributed by atoms with E-state index in [2.05, 4.69) is 85.2 Å². The first kappa shape index (κ1) is 14.1. The molecular formula is C23H23N. The molecule has 0 fully saturated rings. The molecule has 24 heavy (non-hydrogen) atoms. The number of rotatable bonds is 2. The standard InChI is InChI=1S/C23H23N/c1-23(2)18-13-12-17(14-18)22-21(23)19-10-6-7-11-20(19)24(22)15-16-8-4-3-5-9-16/h3-13,17-18H,14-15H2,1-2H3/t17-,18-/m1/s1. The minimum absolute atomic E-state index is 0.209. The van der Waals surface area contributed by atoms with Gasteiger partial charge in [-0.3, -0.25) is 0 Å². The Morgan fingerprint density at radius 3 is 2.54 bits per heavy atom.